The van der Waals surface area contributed by atoms with Gasteiger partial charge in [0.15, 0.2) is 0 Å². The van der Waals surface area contributed by atoms with E-state index >= 15 is 0 Å². The maximum atomic E-state index is 12.9. The largest absolute Gasteiger partial charge is 0.329 e. The van der Waals surface area contributed by atoms with Crippen LogP contribution in [0.5, 0.6) is 0 Å². The molecule has 0 saturated carbocycles. The van der Waals surface area contributed by atoms with E-state index in [0.29, 0.717) is 5.56 Å². The Hall–Kier alpha value is -3.58. The summed E-state index contributed by atoms with van der Waals surface area (Å²) in [6, 6.07) is 25.6. The molecule has 3 aromatic carbocycles. The van der Waals surface area contributed by atoms with Crippen LogP contribution >= 0.6 is 0 Å². The Morgan fingerprint density at radius 2 is 1.63 bits per heavy atom. The Balaban J connectivity index is 1.91. The molecule has 0 N–H and O–H groups in total. The highest BCUT2D eigenvalue weighted by atomic mass is 16.1. The van der Waals surface area contributed by atoms with E-state index in [-0.39, 0.29) is 11.7 Å². The molecule has 4 aromatic rings. The topological polar surface area (TPSA) is 50.7 Å². The summed E-state index contributed by atoms with van der Waals surface area (Å²) >= 11 is 0. The van der Waals surface area contributed by atoms with Crippen LogP contribution in [-0.2, 0) is 7.05 Å². The highest BCUT2D eigenvalue weighted by Gasteiger charge is 2.18. The second-order valence-corrected chi connectivity index (χ2v) is 6.66. The van der Waals surface area contributed by atoms with Gasteiger partial charge in [-0.15, -0.1) is 0 Å². The molecule has 4 rings (SSSR count). The van der Waals surface area contributed by atoms with Crippen molar-refractivity contribution in [1.29, 1.82) is 5.26 Å². The fourth-order valence-corrected chi connectivity index (χ4v) is 3.62. The maximum Gasteiger partial charge on any atom is 0.329 e. The molecule has 1 heterocycles. The van der Waals surface area contributed by atoms with Crippen LogP contribution in [0.15, 0.2) is 77.6 Å². The first-order valence-electron chi connectivity index (χ1n) is 8.87. The highest BCUT2D eigenvalue weighted by Crippen LogP contribution is 2.28. The van der Waals surface area contributed by atoms with Crippen molar-refractivity contribution in [2.45, 2.75) is 13.0 Å². The Bertz CT molecular complexity index is 1230. The van der Waals surface area contributed by atoms with Crippen molar-refractivity contribution >= 4 is 11.0 Å². The number of aromatic nitrogens is 2. The van der Waals surface area contributed by atoms with Crippen LogP contribution in [0.25, 0.3) is 22.2 Å². The Morgan fingerprint density at radius 3 is 2.37 bits per heavy atom. The quantitative estimate of drug-likeness (QED) is 0.545. The molecule has 0 radical (unpaired) electrons. The summed E-state index contributed by atoms with van der Waals surface area (Å²) in [5, 5.41) is 9.39. The van der Waals surface area contributed by atoms with Crippen LogP contribution in [0.2, 0.25) is 0 Å². The molecule has 1 aromatic heterocycles. The normalized spacial score (nSPS) is 12.0. The van der Waals surface area contributed by atoms with Gasteiger partial charge >= 0.3 is 5.69 Å². The minimum atomic E-state index is -0.0698. The van der Waals surface area contributed by atoms with Crippen molar-refractivity contribution < 1.29 is 0 Å². The third kappa shape index (κ3) is 2.74. The van der Waals surface area contributed by atoms with Gasteiger partial charge in [-0.2, -0.15) is 5.26 Å². The number of rotatable bonds is 3. The van der Waals surface area contributed by atoms with Crippen LogP contribution in [-0.4, -0.2) is 9.13 Å². The summed E-state index contributed by atoms with van der Waals surface area (Å²) in [7, 11) is 1.79. The van der Waals surface area contributed by atoms with Gasteiger partial charge in [-0.1, -0.05) is 54.6 Å². The van der Waals surface area contributed by atoms with Crippen LogP contribution in [0, 0.1) is 11.3 Å². The fraction of sp³-hybridized carbons (Fsp3) is 0.130. The molecular weight excluding hydrogens is 334 g/mol. The summed E-state index contributed by atoms with van der Waals surface area (Å²) in [5.41, 5.74) is 5.21. The Kier molecular flexibility index (Phi) is 4.13. The lowest BCUT2D eigenvalue weighted by atomic mass is 10.00. The molecule has 27 heavy (non-hydrogen) atoms. The van der Waals surface area contributed by atoms with Crippen LogP contribution in [0.4, 0.5) is 0 Å². The molecule has 0 saturated heterocycles. The summed E-state index contributed by atoms with van der Waals surface area (Å²) in [6.07, 6.45) is 0. The van der Waals surface area contributed by atoms with Gasteiger partial charge in [0.2, 0.25) is 0 Å². The van der Waals surface area contributed by atoms with Crippen molar-refractivity contribution in [3.63, 3.8) is 0 Å². The van der Waals surface area contributed by atoms with E-state index in [1.165, 1.54) is 0 Å². The molecule has 4 nitrogen and oxygen atoms in total. The fourth-order valence-electron chi connectivity index (χ4n) is 3.62. The van der Waals surface area contributed by atoms with Gasteiger partial charge in [-0.05, 0) is 41.8 Å². The van der Waals surface area contributed by atoms with Crippen molar-refractivity contribution in [2.75, 3.05) is 0 Å². The van der Waals surface area contributed by atoms with Gasteiger partial charge in [0.1, 0.15) is 0 Å². The molecule has 0 aliphatic rings. The van der Waals surface area contributed by atoms with Gasteiger partial charge in [-0.25, -0.2) is 4.79 Å². The van der Waals surface area contributed by atoms with E-state index in [9.17, 15) is 10.1 Å². The minimum Gasteiger partial charge on any atom is -0.295 e. The van der Waals surface area contributed by atoms with E-state index in [0.717, 1.165) is 27.7 Å². The zero-order valence-corrected chi connectivity index (χ0v) is 15.3. The average molecular weight is 353 g/mol. The zero-order valence-electron chi connectivity index (χ0n) is 15.3. The number of fused-ring (bicyclic) bond motifs is 1. The van der Waals surface area contributed by atoms with E-state index in [1.54, 1.807) is 17.7 Å². The lowest BCUT2D eigenvalue weighted by Crippen LogP contribution is -2.25. The second-order valence-electron chi connectivity index (χ2n) is 6.66. The summed E-state index contributed by atoms with van der Waals surface area (Å²) in [5.74, 6) is 0. The molecular formula is C23H19N3O. The smallest absolute Gasteiger partial charge is 0.295 e. The number of imidazole rings is 1. The first-order chi connectivity index (χ1) is 13.1. The molecule has 1 atom stereocenters. The van der Waals surface area contributed by atoms with Crippen molar-refractivity contribution in [2.24, 2.45) is 7.05 Å². The molecule has 132 valence electrons. The average Bonchev–Trinajstić information content (AvgIpc) is 2.98. The van der Waals surface area contributed by atoms with Crippen molar-refractivity contribution in [3.05, 3.63) is 94.4 Å². The number of nitrogens with zero attached hydrogens (tertiary/aromatic N) is 3. The van der Waals surface area contributed by atoms with Crippen LogP contribution in [0.1, 0.15) is 24.1 Å². The standard InChI is InChI=1S/C23H19N3O/c1-16(17-8-4-3-5-9-17)26-21-13-12-18(14-22(21)25(2)23(26)27)20-11-7-6-10-19(20)15-24/h3-14,16H,1-2H3. The Morgan fingerprint density at radius 1 is 0.926 bits per heavy atom. The molecule has 0 bridgehead atoms. The first kappa shape index (κ1) is 16.9. The van der Waals surface area contributed by atoms with E-state index in [2.05, 4.69) is 6.07 Å². The molecule has 0 aliphatic carbocycles. The SMILES string of the molecule is CC(c1ccccc1)n1c(=O)n(C)c2cc(-c3ccccc3C#N)ccc21. The monoisotopic (exact) mass is 353 g/mol. The predicted octanol–water partition coefficient (Wildman–Crippen LogP) is 4.49. The minimum absolute atomic E-state index is 0.0490. The number of nitriles is 1. The van der Waals surface area contributed by atoms with Gasteiger partial charge in [0, 0.05) is 7.05 Å². The molecule has 1 unspecified atom stereocenters. The molecule has 0 aliphatic heterocycles. The van der Waals surface area contributed by atoms with Crippen LogP contribution in [0.3, 0.4) is 0 Å². The van der Waals surface area contributed by atoms with Gasteiger partial charge < -0.3 is 0 Å². The lowest BCUT2D eigenvalue weighted by Gasteiger charge is -2.14. The lowest BCUT2D eigenvalue weighted by molar-refractivity contribution is 0.617. The number of benzene rings is 3. The summed E-state index contributed by atoms with van der Waals surface area (Å²) < 4.78 is 3.50. The number of hydrogen-bond donors (Lipinski definition) is 0. The van der Waals surface area contributed by atoms with Gasteiger partial charge in [0.25, 0.3) is 0 Å². The summed E-state index contributed by atoms with van der Waals surface area (Å²) in [6.45, 7) is 2.04. The highest BCUT2D eigenvalue weighted by molar-refractivity contribution is 5.84. The second kappa shape index (κ2) is 6.62. The molecule has 4 heteroatoms. The first-order valence-corrected chi connectivity index (χ1v) is 8.87. The van der Waals surface area contributed by atoms with Gasteiger partial charge in [-0.3, -0.25) is 9.13 Å². The van der Waals surface area contributed by atoms with Gasteiger partial charge in [0.05, 0.1) is 28.7 Å². The number of hydrogen-bond acceptors (Lipinski definition) is 2. The third-order valence-electron chi connectivity index (χ3n) is 5.12. The predicted molar refractivity (Wildman–Crippen MR) is 108 cm³/mol. The maximum absolute atomic E-state index is 12.9. The molecule has 0 amide bonds. The van der Waals surface area contributed by atoms with E-state index in [4.69, 9.17) is 0 Å². The molecule has 0 fully saturated rings. The van der Waals surface area contributed by atoms with Crippen LogP contribution < -0.4 is 5.69 Å². The molecule has 0 spiro atoms. The third-order valence-corrected chi connectivity index (χ3v) is 5.12. The van der Waals surface area contributed by atoms with Crippen molar-refractivity contribution in [3.8, 4) is 17.2 Å². The number of aryl methyl sites for hydroxylation is 1. The Labute approximate surface area is 157 Å². The van der Waals surface area contributed by atoms with E-state index < -0.39 is 0 Å². The zero-order chi connectivity index (χ0) is 19.0. The van der Waals surface area contributed by atoms with Crippen molar-refractivity contribution in [1.82, 2.24) is 9.13 Å². The van der Waals surface area contributed by atoms with E-state index in [1.807, 2.05) is 78.2 Å². The summed E-state index contributed by atoms with van der Waals surface area (Å²) in [4.78, 5) is 12.9.